The number of hydrogen-bond acceptors (Lipinski definition) is 4. The monoisotopic (exact) mass is 329 g/mol. The van der Waals surface area contributed by atoms with Crippen LogP contribution in [0.4, 0.5) is 0 Å². The maximum atomic E-state index is 6.23. The maximum Gasteiger partial charge on any atom is 0.118 e. The molecule has 0 aliphatic heterocycles. The number of nitrogens with two attached hydrogens (primary N) is 1. The number of hydrogen-bond donors (Lipinski definition) is 1. The maximum absolute atomic E-state index is 6.23. The fourth-order valence-electron chi connectivity index (χ4n) is 2.38. The van der Waals surface area contributed by atoms with Gasteiger partial charge in [-0.05, 0) is 36.6 Å². The van der Waals surface area contributed by atoms with E-state index in [-0.39, 0.29) is 12.1 Å². The lowest BCUT2D eigenvalue weighted by Gasteiger charge is -2.20. The van der Waals surface area contributed by atoms with Gasteiger partial charge < -0.3 is 19.9 Å². The summed E-state index contributed by atoms with van der Waals surface area (Å²) in [5.41, 5.74) is 8.58. The molecule has 0 heterocycles. The van der Waals surface area contributed by atoms with Crippen molar-refractivity contribution in [2.75, 3.05) is 20.3 Å². The highest BCUT2D eigenvalue weighted by atomic mass is 16.5. The Bertz CT molecular complexity index is 571. The van der Waals surface area contributed by atoms with E-state index in [9.17, 15) is 0 Å². The van der Waals surface area contributed by atoms with E-state index in [0.717, 1.165) is 12.2 Å². The second-order valence-corrected chi connectivity index (χ2v) is 5.83. The lowest BCUT2D eigenvalue weighted by molar-refractivity contribution is -0.00186. The van der Waals surface area contributed by atoms with Crippen LogP contribution in [-0.4, -0.2) is 32.5 Å². The van der Waals surface area contributed by atoms with Crippen LogP contribution in [0.3, 0.4) is 0 Å². The molecule has 2 unspecified atom stereocenters. The molecule has 24 heavy (non-hydrogen) atoms. The SMILES string of the molecule is COc1ccc(CC(N)C(C)OCCOCc2ccccc2)cc1. The number of benzene rings is 2. The normalized spacial score (nSPS) is 13.5. The van der Waals surface area contributed by atoms with Gasteiger partial charge in [0.15, 0.2) is 0 Å². The lowest BCUT2D eigenvalue weighted by atomic mass is 10.0. The van der Waals surface area contributed by atoms with E-state index in [4.69, 9.17) is 19.9 Å². The van der Waals surface area contributed by atoms with Gasteiger partial charge in [-0.1, -0.05) is 42.5 Å². The van der Waals surface area contributed by atoms with Crippen molar-refractivity contribution in [1.29, 1.82) is 0 Å². The zero-order valence-electron chi connectivity index (χ0n) is 14.5. The standard InChI is InChI=1S/C20H27NO3/c1-16(20(21)14-17-8-10-19(22-2)11-9-17)24-13-12-23-15-18-6-4-3-5-7-18/h3-11,16,20H,12-15,21H2,1-2H3. The van der Waals surface area contributed by atoms with Gasteiger partial charge >= 0.3 is 0 Å². The Morgan fingerprint density at radius 3 is 2.29 bits per heavy atom. The molecule has 0 spiro atoms. The van der Waals surface area contributed by atoms with Crippen molar-refractivity contribution in [2.45, 2.75) is 32.1 Å². The number of rotatable bonds is 10. The molecule has 0 bridgehead atoms. The van der Waals surface area contributed by atoms with E-state index >= 15 is 0 Å². The Morgan fingerprint density at radius 2 is 1.62 bits per heavy atom. The third-order valence-electron chi connectivity index (χ3n) is 3.95. The molecule has 2 rings (SSSR count). The highest BCUT2D eigenvalue weighted by Gasteiger charge is 2.13. The Kier molecular flexibility index (Phi) is 7.75. The molecule has 0 saturated carbocycles. The Hall–Kier alpha value is -1.88. The first-order valence-electron chi connectivity index (χ1n) is 8.31. The smallest absolute Gasteiger partial charge is 0.118 e. The van der Waals surface area contributed by atoms with Gasteiger partial charge in [0.2, 0.25) is 0 Å². The summed E-state index contributed by atoms with van der Waals surface area (Å²) in [6.07, 6.45) is 0.753. The molecule has 0 aliphatic rings. The first kappa shape index (κ1) is 18.5. The molecule has 0 saturated heterocycles. The third-order valence-corrected chi connectivity index (χ3v) is 3.95. The highest BCUT2D eigenvalue weighted by Crippen LogP contribution is 2.13. The fraction of sp³-hybridized carbons (Fsp3) is 0.400. The van der Waals surface area contributed by atoms with Crippen LogP contribution in [0.2, 0.25) is 0 Å². The zero-order chi connectivity index (χ0) is 17.2. The zero-order valence-corrected chi connectivity index (χ0v) is 14.5. The Labute approximate surface area is 144 Å². The average molecular weight is 329 g/mol. The van der Waals surface area contributed by atoms with Crippen molar-refractivity contribution in [3.8, 4) is 5.75 Å². The van der Waals surface area contributed by atoms with Gasteiger partial charge in [0.05, 0.1) is 33.0 Å². The summed E-state index contributed by atoms with van der Waals surface area (Å²) in [5.74, 6) is 0.854. The minimum atomic E-state index is -0.0486. The molecule has 2 aromatic rings. The first-order valence-corrected chi connectivity index (χ1v) is 8.31. The summed E-state index contributed by atoms with van der Waals surface area (Å²) in [6, 6.07) is 18.0. The number of methoxy groups -OCH3 is 1. The predicted octanol–water partition coefficient (Wildman–Crippen LogP) is 3.19. The lowest BCUT2D eigenvalue weighted by Crippen LogP contribution is -2.37. The van der Waals surface area contributed by atoms with Crippen molar-refractivity contribution in [3.63, 3.8) is 0 Å². The highest BCUT2D eigenvalue weighted by molar-refractivity contribution is 5.27. The van der Waals surface area contributed by atoms with Crippen molar-refractivity contribution < 1.29 is 14.2 Å². The summed E-state index contributed by atoms with van der Waals surface area (Å²) in [7, 11) is 1.66. The summed E-state index contributed by atoms with van der Waals surface area (Å²) in [5, 5.41) is 0. The quantitative estimate of drug-likeness (QED) is 0.680. The molecule has 2 atom stereocenters. The molecule has 0 aliphatic carbocycles. The molecular weight excluding hydrogens is 302 g/mol. The van der Waals surface area contributed by atoms with Crippen LogP contribution in [0, 0.1) is 0 Å². The van der Waals surface area contributed by atoms with Crippen LogP contribution in [0.1, 0.15) is 18.1 Å². The molecule has 0 amide bonds. The van der Waals surface area contributed by atoms with Crippen molar-refractivity contribution >= 4 is 0 Å². The predicted molar refractivity (Wildman–Crippen MR) is 96.2 cm³/mol. The minimum Gasteiger partial charge on any atom is -0.497 e. The van der Waals surface area contributed by atoms with Crippen molar-refractivity contribution in [2.24, 2.45) is 5.73 Å². The van der Waals surface area contributed by atoms with Crippen LogP contribution in [0.25, 0.3) is 0 Å². The van der Waals surface area contributed by atoms with Crippen LogP contribution in [0.15, 0.2) is 54.6 Å². The van der Waals surface area contributed by atoms with E-state index < -0.39 is 0 Å². The van der Waals surface area contributed by atoms with Crippen molar-refractivity contribution in [1.82, 2.24) is 0 Å². The minimum absolute atomic E-state index is 0.0209. The summed E-state index contributed by atoms with van der Waals surface area (Å²) < 4.78 is 16.6. The van der Waals surface area contributed by atoms with E-state index in [0.29, 0.717) is 19.8 Å². The molecule has 2 N–H and O–H groups in total. The van der Waals surface area contributed by atoms with Gasteiger partial charge in [-0.3, -0.25) is 0 Å². The van der Waals surface area contributed by atoms with Crippen LogP contribution in [0.5, 0.6) is 5.75 Å². The molecule has 130 valence electrons. The molecule has 4 nitrogen and oxygen atoms in total. The van der Waals surface area contributed by atoms with E-state index in [1.54, 1.807) is 7.11 Å². The second kappa shape index (κ2) is 10.1. The van der Waals surface area contributed by atoms with E-state index in [1.165, 1.54) is 11.1 Å². The molecule has 0 fully saturated rings. The fourth-order valence-corrected chi connectivity index (χ4v) is 2.38. The molecule has 0 aromatic heterocycles. The van der Waals surface area contributed by atoms with Gasteiger partial charge in [-0.2, -0.15) is 0 Å². The molecule has 0 radical (unpaired) electrons. The topological polar surface area (TPSA) is 53.7 Å². The van der Waals surface area contributed by atoms with Gasteiger partial charge in [0, 0.05) is 6.04 Å². The van der Waals surface area contributed by atoms with Crippen molar-refractivity contribution in [3.05, 3.63) is 65.7 Å². The number of ether oxygens (including phenoxy) is 3. The molecule has 4 heteroatoms. The Morgan fingerprint density at radius 1 is 0.917 bits per heavy atom. The Balaban J connectivity index is 1.63. The van der Waals surface area contributed by atoms with Crippen LogP contribution in [-0.2, 0) is 22.5 Å². The average Bonchev–Trinajstić information content (AvgIpc) is 2.62. The van der Waals surface area contributed by atoms with Gasteiger partial charge in [0.1, 0.15) is 5.75 Å². The first-order chi connectivity index (χ1) is 11.7. The van der Waals surface area contributed by atoms with Gasteiger partial charge in [-0.15, -0.1) is 0 Å². The van der Waals surface area contributed by atoms with Gasteiger partial charge in [0.25, 0.3) is 0 Å². The van der Waals surface area contributed by atoms with E-state index in [2.05, 4.69) is 0 Å². The van der Waals surface area contributed by atoms with E-state index in [1.807, 2.05) is 61.5 Å². The summed E-state index contributed by atoms with van der Waals surface area (Å²) >= 11 is 0. The van der Waals surface area contributed by atoms with Crippen LogP contribution >= 0.6 is 0 Å². The summed E-state index contributed by atoms with van der Waals surface area (Å²) in [4.78, 5) is 0. The van der Waals surface area contributed by atoms with Gasteiger partial charge in [-0.25, -0.2) is 0 Å². The summed E-state index contributed by atoms with van der Waals surface area (Å²) in [6.45, 7) is 3.72. The molecular formula is C20H27NO3. The second-order valence-electron chi connectivity index (χ2n) is 5.83. The third kappa shape index (κ3) is 6.32. The molecule has 2 aromatic carbocycles. The largest absolute Gasteiger partial charge is 0.497 e. The van der Waals surface area contributed by atoms with Crippen LogP contribution < -0.4 is 10.5 Å².